The largest absolute Gasteiger partial charge is 0.204 e. The first-order chi connectivity index (χ1) is 12.9. The third-order valence-corrected chi connectivity index (χ3v) is 6.02. The van der Waals surface area contributed by atoms with E-state index < -0.39 is 0 Å². The van der Waals surface area contributed by atoms with Gasteiger partial charge in [-0.15, -0.1) is 0 Å². The Morgan fingerprint density at radius 1 is 0.815 bits per heavy atom. The summed E-state index contributed by atoms with van der Waals surface area (Å²) in [4.78, 5) is 0. The van der Waals surface area contributed by atoms with Crippen molar-refractivity contribution in [2.75, 3.05) is 0 Å². The first-order valence-electron chi connectivity index (χ1n) is 9.84. The minimum atomic E-state index is 0.483. The maximum atomic E-state index is 3.95. The van der Waals surface area contributed by atoms with Crippen LogP contribution in [0.4, 0.5) is 0 Å². The van der Waals surface area contributed by atoms with Crippen molar-refractivity contribution in [3.8, 4) is 22.3 Å². The van der Waals surface area contributed by atoms with Crippen LogP contribution in [0.3, 0.4) is 0 Å². The third kappa shape index (κ3) is 4.16. The van der Waals surface area contributed by atoms with Crippen LogP contribution in [0.2, 0.25) is 0 Å². The molecule has 2 aromatic carbocycles. The van der Waals surface area contributed by atoms with Gasteiger partial charge in [0.25, 0.3) is 0 Å². The van der Waals surface area contributed by atoms with E-state index in [9.17, 15) is 0 Å². The van der Waals surface area contributed by atoms with Crippen molar-refractivity contribution in [2.24, 2.45) is 0 Å². The Morgan fingerprint density at radius 2 is 1.52 bits per heavy atom. The molecule has 27 heavy (non-hydrogen) atoms. The van der Waals surface area contributed by atoms with Crippen molar-refractivity contribution in [2.45, 2.75) is 53.0 Å². The lowest BCUT2D eigenvalue weighted by Crippen LogP contribution is -2.32. The molecule has 0 radical (unpaired) electrons. The number of pyridine rings is 1. The van der Waals surface area contributed by atoms with Gasteiger partial charge in [-0.05, 0) is 56.9 Å². The zero-order valence-corrected chi connectivity index (χ0v) is 18.5. The molecule has 0 spiro atoms. The maximum absolute atomic E-state index is 3.95. The fourth-order valence-corrected chi connectivity index (χ4v) is 4.16. The topological polar surface area (TPSA) is 3.88 Å². The highest BCUT2D eigenvalue weighted by atomic mass is 79.9. The zero-order valence-electron chi connectivity index (χ0n) is 17.0. The summed E-state index contributed by atoms with van der Waals surface area (Å²) in [6, 6.07) is 17.7. The third-order valence-electron chi connectivity index (χ3n) is 5.17. The van der Waals surface area contributed by atoms with Gasteiger partial charge in [0.1, 0.15) is 6.54 Å². The van der Waals surface area contributed by atoms with E-state index in [0.717, 1.165) is 6.54 Å². The molecule has 3 aromatic rings. The van der Waals surface area contributed by atoms with Crippen LogP contribution < -0.4 is 4.57 Å². The highest BCUT2D eigenvalue weighted by molar-refractivity contribution is 9.10. The van der Waals surface area contributed by atoms with Crippen LogP contribution >= 0.6 is 15.9 Å². The van der Waals surface area contributed by atoms with Crippen LogP contribution in [0.1, 0.15) is 57.6 Å². The molecule has 3 rings (SSSR count). The number of hydrogen-bond donors (Lipinski definition) is 0. The Kier molecular flexibility index (Phi) is 6.16. The second-order valence-electron chi connectivity index (χ2n) is 7.75. The van der Waals surface area contributed by atoms with E-state index in [1.165, 1.54) is 37.9 Å². The highest BCUT2D eigenvalue weighted by Crippen LogP contribution is 2.38. The molecule has 1 nitrogen and oxygen atoms in total. The normalized spacial score (nSPS) is 11.4. The van der Waals surface area contributed by atoms with Crippen LogP contribution in [-0.2, 0) is 6.54 Å². The highest BCUT2D eigenvalue weighted by Gasteiger charge is 2.19. The zero-order chi connectivity index (χ0) is 19.6. The summed E-state index contributed by atoms with van der Waals surface area (Å²) in [5, 5.41) is 0. The maximum Gasteiger partial charge on any atom is 0.177 e. The smallest absolute Gasteiger partial charge is 0.177 e. The van der Waals surface area contributed by atoms with E-state index >= 15 is 0 Å². The van der Waals surface area contributed by atoms with Crippen molar-refractivity contribution in [3.05, 3.63) is 76.5 Å². The van der Waals surface area contributed by atoms with Crippen molar-refractivity contribution in [1.82, 2.24) is 0 Å². The molecular weight excluding hydrogens is 394 g/mol. The van der Waals surface area contributed by atoms with Crippen molar-refractivity contribution >= 4 is 15.9 Å². The molecule has 0 unspecified atom stereocenters. The average Bonchev–Trinajstić information content (AvgIpc) is 2.68. The number of aromatic nitrogens is 1. The average molecular weight is 423 g/mol. The second-order valence-corrected chi connectivity index (χ2v) is 8.55. The molecule has 0 N–H and O–H groups in total. The Balaban J connectivity index is 2.25. The number of benzene rings is 2. The van der Waals surface area contributed by atoms with Crippen LogP contribution in [0.25, 0.3) is 22.3 Å². The van der Waals surface area contributed by atoms with E-state index in [1.54, 1.807) is 0 Å². The SMILES string of the molecule is CC[n+]1cc(-c2cccc(C(C)C)c2)c(Br)c(-c2ccccc2C(C)C)c1. The molecule has 2 heteroatoms. The lowest BCUT2D eigenvalue weighted by molar-refractivity contribution is -0.692. The summed E-state index contributed by atoms with van der Waals surface area (Å²) in [7, 11) is 0. The van der Waals surface area contributed by atoms with Gasteiger partial charge in [0, 0.05) is 4.47 Å². The Hall–Kier alpha value is -1.93. The minimum absolute atomic E-state index is 0.483. The van der Waals surface area contributed by atoms with E-state index in [1.807, 2.05) is 0 Å². The fraction of sp³-hybridized carbons (Fsp3) is 0.320. The molecule has 0 aliphatic heterocycles. The Labute approximate surface area is 172 Å². The second kappa shape index (κ2) is 8.39. The number of aryl methyl sites for hydroxylation is 1. The van der Waals surface area contributed by atoms with Crippen molar-refractivity contribution < 1.29 is 4.57 Å². The molecular formula is C25H29BrN+. The number of nitrogens with zero attached hydrogens (tertiary/aromatic N) is 1. The van der Waals surface area contributed by atoms with Crippen LogP contribution in [-0.4, -0.2) is 0 Å². The first-order valence-corrected chi connectivity index (χ1v) is 10.6. The van der Waals surface area contributed by atoms with Gasteiger partial charge in [0.2, 0.25) is 0 Å². The lowest BCUT2D eigenvalue weighted by atomic mass is 9.91. The molecule has 1 aromatic heterocycles. The molecule has 0 amide bonds. The molecule has 140 valence electrons. The summed E-state index contributed by atoms with van der Waals surface area (Å²) >= 11 is 3.95. The number of hydrogen-bond acceptors (Lipinski definition) is 0. The van der Waals surface area contributed by atoms with E-state index in [4.69, 9.17) is 0 Å². The Bertz CT molecular complexity index is 941. The van der Waals surface area contributed by atoms with Gasteiger partial charge < -0.3 is 0 Å². The van der Waals surface area contributed by atoms with Gasteiger partial charge in [-0.2, -0.15) is 0 Å². The summed E-state index contributed by atoms with van der Waals surface area (Å²) in [6.07, 6.45) is 4.52. The van der Waals surface area contributed by atoms with Crippen LogP contribution in [0.15, 0.2) is 65.4 Å². The standard InChI is InChI=1S/C25H29BrN/c1-6-27-15-23(20-11-9-10-19(14-20)17(2)3)25(26)24(16-27)22-13-8-7-12-21(22)18(4)5/h7-18H,6H2,1-5H3/q+1. The summed E-state index contributed by atoms with van der Waals surface area (Å²) < 4.78 is 3.45. The van der Waals surface area contributed by atoms with Gasteiger partial charge in [0.15, 0.2) is 12.4 Å². The first kappa shape index (κ1) is 19.8. The van der Waals surface area contributed by atoms with E-state index in [2.05, 4.69) is 116 Å². The van der Waals surface area contributed by atoms with Crippen LogP contribution in [0, 0.1) is 0 Å². The van der Waals surface area contributed by atoms with E-state index in [-0.39, 0.29) is 0 Å². The molecule has 0 aliphatic carbocycles. The van der Waals surface area contributed by atoms with Gasteiger partial charge in [-0.25, -0.2) is 4.57 Å². The monoisotopic (exact) mass is 422 g/mol. The van der Waals surface area contributed by atoms with Crippen LogP contribution in [0.5, 0.6) is 0 Å². The minimum Gasteiger partial charge on any atom is -0.204 e. The summed E-state index contributed by atoms with van der Waals surface area (Å²) in [6.45, 7) is 12.2. The molecule has 0 atom stereocenters. The number of rotatable bonds is 5. The summed E-state index contributed by atoms with van der Waals surface area (Å²) in [5.41, 5.74) is 7.83. The molecule has 1 heterocycles. The molecule has 0 saturated heterocycles. The van der Waals surface area contributed by atoms with Gasteiger partial charge in [-0.1, -0.05) is 76.2 Å². The molecule has 0 fully saturated rings. The van der Waals surface area contributed by atoms with Gasteiger partial charge >= 0.3 is 0 Å². The number of halogens is 1. The molecule has 0 aliphatic rings. The van der Waals surface area contributed by atoms with Crippen molar-refractivity contribution in [3.63, 3.8) is 0 Å². The predicted octanol–water partition coefficient (Wildman–Crippen LogP) is 7.34. The molecule has 0 saturated carbocycles. The van der Waals surface area contributed by atoms with E-state index in [0.29, 0.717) is 11.8 Å². The molecule has 0 bridgehead atoms. The van der Waals surface area contributed by atoms with Gasteiger partial charge in [-0.3, -0.25) is 0 Å². The Morgan fingerprint density at radius 3 is 2.19 bits per heavy atom. The lowest BCUT2D eigenvalue weighted by Gasteiger charge is -2.16. The van der Waals surface area contributed by atoms with Crippen molar-refractivity contribution in [1.29, 1.82) is 0 Å². The quantitative estimate of drug-likeness (QED) is 0.378. The summed E-state index contributed by atoms with van der Waals surface area (Å²) in [5.74, 6) is 1.00. The predicted molar refractivity (Wildman–Crippen MR) is 119 cm³/mol. The van der Waals surface area contributed by atoms with Gasteiger partial charge in [0.05, 0.1) is 11.1 Å². The fourth-order valence-electron chi connectivity index (χ4n) is 3.51.